The first kappa shape index (κ1) is 14.8. The van der Waals surface area contributed by atoms with Gasteiger partial charge in [0.25, 0.3) is 5.91 Å². The van der Waals surface area contributed by atoms with Crippen molar-refractivity contribution < 1.29 is 9.53 Å². The average molecular weight is 273 g/mol. The van der Waals surface area contributed by atoms with Crippen LogP contribution in [0.1, 0.15) is 28.8 Å². The quantitative estimate of drug-likeness (QED) is 0.609. The molecular weight excluding hydrogens is 250 g/mol. The third-order valence-electron chi connectivity index (χ3n) is 3.76. The third-order valence-corrected chi connectivity index (χ3v) is 3.76. The lowest BCUT2D eigenvalue weighted by molar-refractivity contribution is 0.0575. The average Bonchev–Trinajstić information content (AvgIpc) is 2.47. The Kier molecular flexibility index (Phi) is 5.36. The molecule has 0 aromatic heterocycles. The molecule has 0 N–H and O–H groups in total. The number of benzene rings is 1. The summed E-state index contributed by atoms with van der Waals surface area (Å²) in [4.78, 5) is 14.4. The molecule has 1 saturated heterocycles. The molecule has 2 rings (SSSR count). The molecule has 0 spiro atoms. The van der Waals surface area contributed by atoms with Gasteiger partial charge in [0.15, 0.2) is 0 Å². The van der Waals surface area contributed by atoms with Gasteiger partial charge in [-0.3, -0.25) is 4.79 Å². The number of aryl methyl sites for hydroxylation is 1. The van der Waals surface area contributed by atoms with Crippen molar-refractivity contribution in [2.75, 3.05) is 26.3 Å². The van der Waals surface area contributed by atoms with Gasteiger partial charge in [-0.1, -0.05) is 23.8 Å². The fourth-order valence-electron chi connectivity index (χ4n) is 2.58. The van der Waals surface area contributed by atoms with Gasteiger partial charge in [-0.2, -0.15) is 0 Å². The van der Waals surface area contributed by atoms with E-state index in [1.807, 2.05) is 36.1 Å². The van der Waals surface area contributed by atoms with Crippen molar-refractivity contribution in [3.63, 3.8) is 0 Å². The van der Waals surface area contributed by atoms with E-state index in [4.69, 9.17) is 4.74 Å². The third kappa shape index (κ3) is 3.94. The van der Waals surface area contributed by atoms with E-state index in [2.05, 4.69) is 6.58 Å². The first-order chi connectivity index (χ1) is 9.70. The SMILES string of the molecule is C=CCOCC1CCN(C(=O)c2cccc(C)c2)CC1. The van der Waals surface area contributed by atoms with Crippen LogP contribution < -0.4 is 0 Å². The summed E-state index contributed by atoms with van der Waals surface area (Å²) >= 11 is 0. The number of carbonyl (C=O) groups excluding carboxylic acids is 1. The molecule has 0 atom stereocenters. The van der Waals surface area contributed by atoms with E-state index in [-0.39, 0.29) is 5.91 Å². The lowest BCUT2D eigenvalue weighted by Crippen LogP contribution is -2.39. The normalized spacial score (nSPS) is 16.1. The number of nitrogens with zero attached hydrogens (tertiary/aromatic N) is 1. The van der Waals surface area contributed by atoms with Gasteiger partial charge in [0.1, 0.15) is 0 Å². The van der Waals surface area contributed by atoms with Gasteiger partial charge in [0.2, 0.25) is 0 Å². The molecule has 20 heavy (non-hydrogen) atoms. The Morgan fingerprint density at radius 3 is 2.85 bits per heavy atom. The molecule has 0 bridgehead atoms. The molecule has 0 unspecified atom stereocenters. The fraction of sp³-hybridized carbons (Fsp3) is 0.471. The maximum atomic E-state index is 12.4. The molecule has 1 amide bonds. The fourth-order valence-corrected chi connectivity index (χ4v) is 2.58. The van der Waals surface area contributed by atoms with Crippen LogP contribution in [0.4, 0.5) is 0 Å². The molecule has 1 aliphatic heterocycles. The summed E-state index contributed by atoms with van der Waals surface area (Å²) < 4.78 is 5.50. The second-order valence-corrected chi connectivity index (χ2v) is 5.43. The van der Waals surface area contributed by atoms with E-state index in [1.54, 1.807) is 6.08 Å². The van der Waals surface area contributed by atoms with E-state index in [1.165, 1.54) is 0 Å². The number of ether oxygens (including phenoxy) is 1. The molecule has 0 radical (unpaired) electrons. The minimum atomic E-state index is 0.152. The zero-order valence-electron chi connectivity index (χ0n) is 12.2. The largest absolute Gasteiger partial charge is 0.377 e. The van der Waals surface area contributed by atoms with E-state index in [0.717, 1.165) is 43.7 Å². The number of amides is 1. The van der Waals surface area contributed by atoms with Gasteiger partial charge in [-0.05, 0) is 37.8 Å². The Morgan fingerprint density at radius 2 is 2.20 bits per heavy atom. The highest BCUT2D eigenvalue weighted by molar-refractivity contribution is 5.94. The van der Waals surface area contributed by atoms with E-state index in [0.29, 0.717) is 12.5 Å². The lowest BCUT2D eigenvalue weighted by Gasteiger charge is -2.32. The Hall–Kier alpha value is -1.61. The van der Waals surface area contributed by atoms with Crippen molar-refractivity contribution in [2.45, 2.75) is 19.8 Å². The highest BCUT2D eigenvalue weighted by Crippen LogP contribution is 2.19. The molecular formula is C17H23NO2. The predicted octanol–water partition coefficient (Wildman–Crippen LogP) is 3.05. The van der Waals surface area contributed by atoms with Crippen LogP contribution in [0.15, 0.2) is 36.9 Å². The summed E-state index contributed by atoms with van der Waals surface area (Å²) in [6, 6.07) is 7.81. The standard InChI is InChI=1S/C17H23NO2/c1-3-11-20-13-15-7-9-18(10-8-15)17(19)16-6-4-5-14(2)12-16/h3-6,12,15H,1,7-11,13H2,2H3. The molecule has 1 aliphatic rings. The Morgan fingerprint density at radius 1 is 1.45 bits per heavy atom. The number of likely N-dealkylation sites (tertiary alicyclic amines) is 1. The molecule has 1 heterocycles. The van der Waals surface area contributed by atoms with E-state index in [9.17, 15) is 4.79 Å². The molecule has 108 valence electrons. The molecule has 1 aromatic carbocycles. The zero-order valence-corrected chi connectivity index (χ0v) is 12.2. The smallest absolute Gasteiger partial charge is 0.253 e. The summed E-state index contributed by atoms with van der Waals surface area (Å²) in [5.74, 6) is 0.718. The first-order valence-electron chi connectivity index (χ1n) is 7.25. The van der Waals surface area contributed by atoms with Gasteiger partial charge >= 0.3 is 0 Å². The molecule has 3 nitrogen and oxygen atoms in total. The maximum Gasteiger partial charge on any atom is 0.253 e. The topological polar surface area (TPSA) is 29.5 Å². The Balaban J connectivity index is 1.84. The van der Waals surface area contributed by atoms with Crippen LogP contribution in [-0.2, 0) is 4.74 Å². The predicted molar refractivity (Wildman–Crippen MR) is 80.8 cm³/mol. The number of carbonyl (C=O) groups is 1. The zero-order chi connectivity index (χ0) is 14.4. The summed E-state index contributed by atoms with van der Waals surface area (Å²) in [5, 5.41) is 0. The summed E-state index contributed by atoms with van der Waals surface area (Å²) in [7, 11) is 0. The monoisotopic (exact) mass is 273 g/mol. The van der Waals surface area contributed by atoms with Crippen LogP contribution in [0.2, 0.25) is 0 Å². The van der Waals surface area contributed by atoms with Crippen molar-refractivity contribution in [2.24, 2.45) is 5.92 Å². The number of hydrogen-bond acceptors (Lipinski definition) is 2. The Labute approximate surface area is 121 Å². The summed E-state index contributed by atoms with van der Waals surface area (Å²) in [6.07, 6.45) is 3.82. The van der Waals surface area contributed by atoms with Crippen LogP contribution in [0.25, 0.3) is 0 Å². The van der Waals surface area contributed by atoms with Crippen LogP contribution in [0.3, 0.4) is 0 Å². The first-order valence-corrected chi connectivity index (χ1v) is 7.25. The molecule has 0 aliphatic carbocycles. The van der Waals surface area contributed by atoms with Gasteiger partial charge in [0.05, 0.1) is 6.61 Å². The second-order valence-electron chi connectivity index (χ2n) is 5.43. The lowest BCUT2D eigenvalue weighted by atomic mass is 9.97. The van der Waals surface area contributed by atoms with Crippen LogP contribution in [0.5, 0.6) is 0 Å². The van der Waals surface area contributed by atoms with Crippen molar-refractivity contribution >= 4 is 5.91 Å². The highest BCUT2D eigenvalue weighted by atomic mass is 16.5. The number of rotatable bonds is 5. The van der Waals surface area contributed by atoms with Crippen molar-refractivity contribution in [1.29, 1.82) is 0 Å². The van der Waals surface area contributed by atoms with Gasteiger partial charge in [0, 0.05) is 25.3 Å². The van der Waals surface area contributed by atoms with Crippen LogP contribution >= 0.6 is 0 Å². The van der Waals surface area contributed by atoms with Crippen LogP contribution in [-0.4, -0.2) is 37.1 Å². The highest BCUT2D eigenvalue weighted by Gasteiger charge is 2.23. The second kappa shape index (κ2) is 7.25. The Bertz CT molecular complexity index is 462. The molecule has 1 aromatic rings. The van der Waals surface area contributed by atoms with Gasteiger partial charge in [-0.15, -0.1) is 6.58 Å². The van der Waals surface area contributed by atoms with Crippen molar-refractivity contribution in [1.82, 2.24) is 4.90 Å². The molecule has 1 fully saturated rings. The number of piperidine rings is 1. The minimum absolute atomic E-state index is 0.152. The van der Waals surface area contributed by atoms with Crippen LogP contribution in [0, 0.1) is 12.8 Å². The molecule has 3 heteroatoms. The van der Waals surface area contributed by atoms with Gasteiger partial charge < -0.3 is 9.64 Å². The summed E-state index contributed by atoms with van der Waals surface area (Å²) in [5.41, 5.74) is 1.93. The molecule has 0 saturated carbocycles. The number of hydrogen-bond donors (Lipinski definition) is 0. The van der Waals surface area contributed by atoms with E-state index < -0.39 is 0 Å². The van der Waals surface area contributed by atoms with Crippen molar-refractivity contribution in [3.05, 3.63) is 48.0 Å². The summed E-state index contributed by atoms with van der Waals surface area (Å²) in [6.45, 7) is 8.70. The van der Waals surface area contributed by atoms with Gasteiger partial charge in [-0.25, -0.2) is 0 Å². The van der Waals surface area contributed by atoms with Crippen molar-refractivity contribution in [3.8, 4) is 0 Å². The maximum absolute atomic E-state index is 12.4. The van der Waals surface area contributed by atoms with E-state index >= 15 is 0 Å². The minimum Gasteiger partial charge on any atom is -0.377 e.